The molecule has 2 atom stereocenters. The van der Waals surface area contributed by atoms with Crippen LogP contribution in [0.4, 0.5) is 10.1 Å². The van der Waals surface area contributed by atoms with Gasteiger partial charge in [-0.15, -0.1) is 5.01 Å². The molecule has 0 aliphatic carbocycles. The van der Waals surface area contributed by atoms with Gasteiger partial charge < -0.3 is 0 Å². The minimum atomic E-state index is -0.352. The van der Waals surface area contributed by atoms with Crippen molar-refractivity contribution in [2.45, 2.75) is 13.0 Å². The van der Waals surface area contributed by atoms with Crippen LogP contribution < -0.4 is 5.43 Å². The van der Waals surface area contributed by atoms with Crippen LogP contribution in [-0.4, -0.2) is 41.1 Å². The first-order chi connectivity index (χ1) is 12.7. The second kappa shape index (κ2) is 7.41. The minimum absolute atomic E-state index is 0.352. The lowest BCUT2D eigenvalue weighted by molar-refractivity contribution is -0.681. The summed E-state index contributed by atoms with van der Waals surface area (Å²) in [5, 5.41) is 1.80. The van der Waals surface area contributed by atoms with Gasteiger partial charge in [-0.3, -0.25) is 4.90 Å². The van der Waals surface area contributed by atoms with Gasteiger partial charge in [-0.25, -0.2) is 4.39 Å². The van der Waals surface area contributed by atoms with Gasteiger partial charge in [-0.2, -0.15) is 0 Å². The Hall–Kier alpha value is -2.47. The molecule has 0 aromatic heterocycles. The number of nitrogens with zero attached hydrogens (tertiary/aromatic N) is 3. The Labute approximate surface area is 152 Å². The molecule has 5 nitrogen and oxygen atoms in total. The molecule has 2 aliphatic heterocycles. The van der Waals surface area contributed by atoms with E-state index < -0.39 is 0 Å². The first-order valence-corrected chi connectivity index (χ1v) is 9.18. The van der Waals surface area contributed by atoms with Crippen molar-refractivity contribution < 1.29 is 9.37 Å². The highest BCUT2D eigenvalue weighted by Crippen LogP contribution is 2.31. The van der Waals surface area contributed by atoms with Crippen LogP contribution in [-0.2, 0) is 6.54 Å². The number of hydrogen-bond donors (Lipinski definition) is 1. The van der Waals surface area contributed by atoms with Crippen molar-refractivity contribution >= 4 is 5.69 Å². The van der Waals surface area contributed by atoms with E-state index in [-0.39, 0.29) is 5.82 Å². The normalized spacial score (nSPS) is 22.9. The number of halogens is 1. The monoisotopic (exact) mass is 355 g/mol. The fraction of sp³-hybridized carbons (Fsp3) is 0.400. The molecular formula is C20H24FN4O+. The topological polar surface area (TPSA) is 38.6 Å². The Balaban J connectivity index is 1.33. The van der Waals surface area contributed by atoms with E-state index in [9.17, 15) is 9.30 Å². The van der Waals surface area contributed by atoms with Crippen molar-refractivity contribution in [2.24, 2.45) is 11.8 Å². The first kappa shape index (κ1) is 17.0. The zero-order valence-corrected chi connectivity index (χ0v) is 14.7. The molecule has 0 bridgehead atoms. The van der Waals surface area contributed by atoms with Crippen LogP contribution in [0.25, 0.3) is 0 Å². The number of nitroso groups, excluding NO2 is 1. The number of fused-ring (bicyclic) bond motifs is 1. The minimum Gasteiger partial charge on any atom is -0.299 e. The van der Waals surface area contributed by atoms with Crippen LogP contribution in [0.2, 0.25) is 0 Å². The van der Waals surface area contributed by atoms with E-state index in [4.69, 9.17) is 0 Å². The van der Waals surface area contributed by atoms with Crippen molar-refractivity contribution in [1.82, 2.24) is 9.91 Å². The van der Waals surface area contributed by atoms with Crippen molar-refractivity contribution in [1.29, 1.82) is 0 Å². The molecule has 1 N–H and O–H groups in total. The van der Waals surface area contributed by atoms with Crippen LogP contribution in [0.15, 0.2) is 54.6 Å². The molecule has 2 aliphatic rings. The van der Waals surface area contributed by atoms with Crippen LogP contribution in [0.1, 0.15) is 12.0 Å². The predicted molar refractivity (Wildman–Crippen MR) is 98.5 cm³/mol. The van der Waals surface area contributed by atoms with Gasteiger partial charge in [0.05, 0.1) is 18.0 Å². The summed E-state index contributed by atoms with van der Waals surface area (Å²) in [5.74, 6) is 0.695. The number of nitrogens with one attached hydrogen (secondary N) is 1. The van der Waals surface area contributed by atoms with E-state index in [1.54, 1.807) is 17.1 Å². The smallest absolute Gasteiger partial charge is 0.253 e. The van der Waals surface area contributed by atoms with Gasteiger partial charge in [-0.1, -0.05) is 41.8 Å². The summed E-state index contributed by atoms with van der Waals surface area (Å²) in [6.07, 6.45) is 1.11. The molecule has 2 saturated heterocycles. The van der Waals surface area contributed by atoms with E-state index >= 15 is 0 Å². The lowest BCUT2D eigenvalue weighted by Gasteiger charge is -2.33. The summed E-state index contributed by atoms with van der Waals surface area (Å²) in [5.41, 5.74) is 4.54. The van der Waals surface area contributed by atoms with Gasteiger partial charge in [0, 0.05) is 19.2 Å². The predicted octanol–water partition coefficient (Wildman–Crippen LogP) is 3.30. The molecule has 2 heterocycles. The zero-order chi connectivity index (χ0) is 17.9. The molecule has 136 valence electrons. The number of anilines is 1. The highest BCUT2D eigenvalue weighted by atomic mass is 19.1. The molecule has 4 rings (SSSR count). The maximum absolute atomic E-state index is 13.3. The van der Waals surface area contributed by atoms with Crippen LogP contribution in [0.5, 0.6) is 0 Å². The van der Waals surface area contributed by atoms with Gasteiger partial charge in [0.2, 0.25) is 0 Å². The van der Waals surface area contributed by atoms with E-state index in [0.717, 1.165) is 44.1 Å². The molecule has 0 amide bonds. The average molecular weight is 355 g/mol. The number of hydrogen-bond acceptors (Lipinski definition) is 2. The summed E-state index contributed by atoms with van der Waals surface area (Å²) in [4.78, 5) is 15.7. The number of hydrazine groups is 2. The van der Waals surface area contributed by atoms with Crippen LogP contribution in [0, 0.1) is 22.6 Å². The second-order valence-corrected chi connectivity index (χ2v) is 7.30. The first-order valence-electron chi connectivity index (χ1n) is 9.18. The lowest BCUT2D eigenvalue weighted by Crippen LogP contribution is -2.39. The summed E-state index contributed by atoms with van der Waals surface area (Å²) in [6, 6.07) is 16.5. The lowest BCUT2D eigenvalue weighted by atomic mass is 9.88. The third-order valence-electron chi connectivity index (χ3n) is 5.42. The maximum Gasteiger partial charge on any atom is 0.253 e. The molecule has 2 fully saturated rings. The molecule has 0 spiro atoms. The van der Waals surface area contributed by atoms with Crippen LogP contribution >= 0.6 is 0 Å². The molecule has 2 aromatic carbocycles. The Bertz CT molecular complexity index is 769. The third-order valence-corrected chi connectivity index (χ3v) is 5.42. The summed E-state index contributed by atoms with van der Waals surface area (Å²) < 4.78 is 13.3. The summed E-state index contributed by atoms with van der Waals surface area (Å²) >= 11 is 0. The Morgan fingerprint density at radius 2 is 1.85 bits per heavy atom. The molecule has 2 unspecified atom stereocenters. The molecule has 26 heavy (non-hydrogen) atoms. The van der Waals surface area contributed by atoms with Crippen molar-refractivity contribution in [3.63, 3.8) is 0 Å². The third kappa shape index (κ3) is 3.85. The Morgan fingerprint density at radius 1 is 1.04 bits per heavy atom. The van der Waals surface area contributed by atoms with Gasteiger partial charge in [-0.05, 0) is 42.5 Å². The number of piperidine rings is 1. The quantitative estimate of drug-likeness (QED) is 0.660. The van der Waals surface area contributed by atoms with E-state index in [1.807, 2.05) is 6.07 Å². The fourth-order valence-electron chi connectivity index (χ4n) is 4.09. The SMILES string of the molecule is O=[N+](Nc1cccc(F)c1)N1CC2CCN(Cc3ccccc3)CC2C1. The number of benzene rings is 2. The standard InChI is InChI=1S/C20H24FN4O/c21-19-7-4-8-20(11-19)22-25(26)24-14-17-9-10-23(13-18(17)15-24)12-16-5-2-1-3-6-16/h1-8,11,17-18H,9-10,12-15H2,(H,22,26)/q+1. The van der Waals surface area contributed by atoms with Gasteiger partial charge in [0.1, 0.15) is 11.5 Å². The highest BCUT2D eigenvalue weighted by Gasteiger charge is 2.42. The van der Waals surface area contributed by atoms with Crippen molar-refractivity contribution in [2.75, 3.05) is 31.6 Å². The average Bonchev–Trinajstić information content (AvgIpc) is 3.06. The molecule has 6 heteroatoms. The van der Waals surface area contributed by atoms with E-state index in [1.165, 1.54) is 17.7 Å². The van der Waals surface area contributed by atoms with Gasteiger partial charge in [0.15, 0.2) is 0 Å². The second-order valence-electron chi connectivity index (χ2n) is 7.30. The zero-order valence-electron chi connectivity index (χ0n) is 14.7. The van der Waals surface area contributed by atoms with Gasteiger partial charge in [0.25, 0.3) is 4.98 Å². The number of likely N-dealkylation sites (tertiary alicyclic amines) is 1. The van der Waals surface area contributed by atoms with Gasteiger partial charge >= 0.3 is 0 Å². The molecule has 2 aromatic rings. The molecular weight excluding hydrogens is 331 g/mol. The van der Waals surface area contributed by atoms with E-state index in [2.05, 4.69) is 34.6 Å². The molecule has 0 saturated carbocycles. The Morgan fingerprint density at radius 3 is 2.65 bits per heavy atom. The van der Waals surface area contributed by atoms with Crippen molar-refractivity contribution in [3.8, 4) is 0 Å². The van der Waals surface area contributed by atoms with E-state index in [0.29, 0.717) is 17.5 Å². The molecule has 0 radical (unpaired) electrons. The largest absolute Gasteiger partial charge is 0.299 e. The number of rotatable bonds is 5. The summed E-state index contributed by atoms with van der Waals surface area (Å²) in [6.45, 7) is 4.55. The fourth-order valence-corrected chi connectivity index (χ4v) is 4.09. The maximum atomic E-state index is 13.3. The highest BCUT2D eigenvalue weighted by molar-refractivity contribution is 5.40. The van der Waals surface area contributed by atoms with Crippen molar-refractivity contribution in [3.05, 3.63) is 70.9 Å². The van der Waals surface area contributed by atoms with Crippen LogP contribution in [0.3, 0.4) is 0 Å². The summed E-state index contributed by atoms with van der Waals surface area (Å²) in [7, 11) is 0. The Kier molecular flexibility index (Phi) is 4.84.